The van der Waals surface area contributed by atoms with E-state index in [4.69, 9.17) is 21.4 Å². The number of anilines is 1. The van der Waals surface area contributed by atoms with Crippen LogP contribution in [0.2, 0.25) is 5.02 Å². The maximum absolute atomic E-state index is 12.1. The fraction of sp³-hybridized carbons (Fsp3) is 0.357. The van der Waals surface area contributed by atoms with Crippen molar-refractivity contribution < 1.29 is 24.2 Å². The number of rotatable bonds is 5. The lowest BCUT2D eigenvalue weighted by Gasteiger charge is -2.30. The highest BCUT2D eigenvalue weighted by Gasteiger charge is 2.26. The third-order valence-corrected chi connectivity index (χ3v) is 3.45. The third-order valence-electron chi connectivity index (χ3n) is 3.22. The van der Waals surface area contributed by atoms with E-state index in [-0.39, 0.29) is 32.0 Å². The van der Waals surface area contributed by atoms with E-state index < -0.39 is 11.9 Å². The molecule has 0 saturated heterocycles. The molecule has 0 saturated carbocycles. The number of amides is 1. The quantitative estimate of drug-likeness (QED) is 0.641. The Kier molecular flexibility index (Phi) is 4.87. The van der Waals surface area contributed by atoms with Crippen molar-refractivity contribution in [3.63, 3.8) is 0 Å². The Labute approximate surface area is 132 Å². The first-order chi connectivity index (χ1) is 10.4. The number of nitrogens with zero attached hydrogens (tertiary/aromatic N) is 2. The second-order valence-electron chi connectivity index (χ2n) is 4.90. The van der Waals surface area contributed by atoms with Crippen LogP contribution in [0.5, 0.6) is 5.75 Å². The summed E-state index contributed by atoms with van der Waals surface area (Å²) in [6.45, 7) is -0.0146. The minimum Gasteiger partial charge on any atom is -0.481 e. The van der Waals surface area contributed by atoms with Crippen LogP contribution in [0.15, 0.2) is 18.2 Å². The molecule has 1 aromatic carbocycles. The van der Waals surface area contributed by atoms with E-state index in [0.29, 0.717) is 16.5 Å². The van der Waals surface area contributed by atoms with Gasteiger partial charge in [-0.15, -0.1) is 0 Å². The van der Waals surface area contributed by atoms with Gasteiger partial charge in [0.25, 0.3) is 0 Å². The van der Waals surface area contributed by atoms with E-state index in [1.807, 2.05) is 0 Å². The molecule has 0 aromatic heterocycles. The first-order valence-electron chi connectivity index (χ1n) is 6.58. The van der Waals surface area contributed by atoms with Crippen molar-refractivity contribution in [1.29, 1.82) is 0 Å². The molecule has 118 valence electrons. The van der Waals surface area contributed by atoms with Gasteiger partial charge >= 0.3 is 11.9 Å². The number of hydrogen-bond donors (Lipinski definition) is 1. The first-order valence-corrected chi connectivity index (χ1v) is 6.95. The van der Waals surface area contributed by atoms with Crippen molar-refractivity contribution in [2.45, 2.75) is 6.42 Å². The van der Waals surface area contributed by atoms with Crippen molar-refractivity contribution >= 4 is 35.1 Å². The van der Waals surface area contributed by atoms with Crippen LogP contribution in [0.25, 0.3) is 0 Å². The highest BCUT2D eigenvalue weighted by molar-refractivity contribution is 6.31. The molecule has 0 unspecified atom stereocenters. The Morgan fingerprint density at radius 3 is 2.86 bits per heavy atom. The lowest BCUT2D eigenvalue weighted by molar-refractivity contribution is -0.138. The maximum atomic E-state index is 12.1. The SMILES string of the molecule is CN(CCC(=O)O)C(=O)CN1CC(=O)Oc2ccc(Cl)cc21. The number of carbonyl (C=O) groups excluding carboxylic acids is 2. The van der Waals surface area contributed by atoms with Gasteiger partial charge in [-0.05, 0) is 18.2 Å². The van der Waals surface area contributed by atoms with Crippen molar-refractivity contribution in [1.82, 2.24) is 4.90 Å². The molecule has 0 radical (unpaired) electrons. The molecule has 1 aliphatic rings. The summed E-state index contributed by atoms with van der Waals surface area (Å²) in [6, 6.07) is 4.78. The summed E-state index contributed by atoms with van der Waals surface area (Å²) >= 11 is 5.93. The summed E-state index contributed by atoms with van der Waals surface area (Å²) in [5, 5.41) is 9.10. The van der Waals surface area contributed by atoms with E-state index in [9.17, 15) is 14.4 Å². The Balaban J connectivity index is 2.09. The summed E-state index contributed by atoms with van der Waals surface area (Å²) in [4.78, 5) is 37.1. The number of likely N-dealkylation sites (N-methyl/N-ethyl adjacent to an activating group) is 1. The van der Waals surface area contributed by atoms with Crippen molar-refractivity contribution in [2.75, 3.05) is 31.6 Å². The Bertz CT molecular complexity index is 619. The zero-order valence-corrected chi connectivity index (χ0v) is 12.7. The molecule has 0 aliphatic carbocycles. The summed E-state index contributed by atoms with van der Waals surface area (Å²) in [5.74, 6) is -1.38. The molecule has 1 N–H and O–H groups in total. The van der Waals surface area contributed by atoms with Gasteiger partial charge in [0.15, 0.2) is 5.75 Å². The topological polar surface area (TPSA) is 87.2 Å². The number of halogens is 1. The van der Waals surface area contributed by atoms with Crippen LogP contribution in [0.3, 0.4) is 0 Å². The fourth-order valence-corrected chi connectivity index (χ4v) is 2.20. The minimum absolute atomic E-state index is 0.0570. The second kappa shape index (κ2) is 6.65. The molecular formula is C14H15ClN2O5. The van der Waals surface area contributed by atoms with Crippen LogP contribution in [0, 0.1) is 0 Å². The Hall–Kier alpha value is -2.28. The maximum Gasteiger partial charge on any atom is 0.331 e. The summed E-state index contributed by atoms with van der Waals surface area (Å²) in [6.07, 6.45) is -0.132. The van der Waals surface area contributed by atoms with Gasteiger partial charge in [0.2, 0.25) is 5.91 Å². The van der Waals surface area contributed by atoms with Crippen LogP contribution < -0.4 is 9.64 Å². The smallest absolute Gasteiger partial charge is 0.331 e. The summed E-state index contributed by atoms with van der Waals surface area (Å²) in [5.41, 5.74) is 0.562. The third kappa shape index (κ3) is 3.88. The predicted molar refractivity (Wildman–Crippen MR) is 79.2 cm³/mol. The molecule has 0 fully saturated rings. The van der Waals surface area contributed by atoms with Crippen LogP contribution in [0.1, 0.15) is 6.42 Å². The number of hydrogen-bond acceptors (Lipinski definition) is 5. The molecule has 1 aliphatic heterocycles. The van der Waals surface area contributed by atoms with Gasteiger partial charge in [0.05, 0.1) is 18.7 Å². The Morgan fingerprint density at radius 2 is 2.18 bits per heavy atom. The molecule has 1 amide bonds. The molecular weight excluding hydrogens is 312 g/mol. The number of benzene rings is 1. The molecule has 1 aromatic rings. The van der Waals surface area contributed by atoms with Crippen LogP contribution in [-0.4, -0.2) is 54.5 Å². The Morgan fingerprint density at radius 1 is 1.45 bits per heavy atom. The highest BCUT2D eigenvalue weighted by Crippen LogP contribution is 2.34. The molecule has 0 spiro atoms. The van der Waals surface area contributed by atoms with Gasteiger partial charge < -0.3 is 19.6 Å². The minimum atomic E-state index is -0.974. The normalized spacial score (nSPS) is 13.4. The van der Waals surface area contributed by atoms with Crippen LogP contribution in [-0.2, 0) is 14.4 Å². The predicted octanol–water partition coefficient (Wildman–Crippen LogP) is 0.998. The van der Waals surface area contributed by atoms with Gasteiger partial charge in [0.1, 0.15) is 6.54 Å². The number of carboxylic acids is 1. The number of esters is 1. The average Bonchev–Trinajstić information content (AvgIpc) is 2.45. The van der Waals surface area contributed by atoms with E-state index in [2.05, 4.69) is 0 Å². The average molecular weight is 327 g/mol. The molecule has 0 atom stereocenters. The molecule has 0 bridgehead atoms. The van der Waals surface area contributed by atoms with Crippen molar-refractivity contribution in [3.05, 3.63) is 23.2 Å². The zero-order chi connectivity index (χ0) is 16.3. The molecule has 8 heteroatoms. The van der Waals surface area contributed by atoms with Crippen molar-refractivity contribution in [2.24, 2.45) is 0 Å². The number of ether oxygens (including phenoxy) is 1. The largest absolute Gasteiger partial charge is 0.481 e. The van der Waals surface area contributed by atoms with Crippen LogP contribution >= 0.6 is 11.6 Å². The molecule has 22 heavy (non-hydrogen) atoms. The number of carbonyl (C=O) groups is 3. The van der Waals surface area contributed by atoms with E-state index in [0.717, 1.165) is 0 Å². The summed E-state index contributed by atoms with van der Waals surface area (Å²) in [7, 11) is 1.52. The van der Waals surface area contributed by atoms with Gasteiger partial charge in [-0.2, -0.15) is 0 Å². The van der Waals surface area contributed by atoms with E-state index in [1.165, 1.54) is 11.9 Å². The number of aliphatic carboxylic acids is 1. The van der Waals surface area contributed by atoms with Gasteiger partial charge in [-0.3, -0.25) is 9.59 Å². The van der Waals surface area contributed by atoms with Gasteiger partial charge in [0, 0.05) is 18.6 Å². The number of carboxylic acid groups (broad SMARTS) is 1. The van der Waals surface area contributed by atoms with E-state index in [1.54, 1.807) is 23.1 Å². The standard InChI is InChI=1S/C14H15ClN2O5/c1-16(5-4-13(19)20)12(18)7-17-8-14(21)22-11-3-2-9(15)6-10(11)17/h2-3,6H,4-5,7-8H2,1H3,(H,19,20). The zero-order valence-electron chi connectivity index (χ0n) is 11.9. The summed E-state index contributed by atoms with van der Waals surface area (Å²) < 4.78 is 5.10. The highest BCUT2D eigenvalue weighted by atomic mass is 35.5. The number of fused-ring (bicyclic) bond motifs is 1. The lowest BCUT2D eigenvalue weighted by atomic mass is 10.2. The molecule has 1 heterocycles. The second-order valence-corrected chi connectivity index (χ2v) is 5.34. The van der Waals surface area contributed by atoms with Gasteiger partial charge in [-0.25, -0.2) is 4.79 Å². The monoisotopic (exact) mass is 326 g/mol. The molecule has 7 nitrogen and oxygen atoms in total. The lowest BCUT2D eigenvalue weighted by Crippen LogP contribution is -2.44. The van der Waals surface area contributed by atoms with E-state index >= 15 is 0 Å². The van der Waals surface area contributed by atoms with Gasteiger partial charge in [-0.1, -0.05) is 11.6 Å². The first kappa shape index (κ1) is 16.1. The molecule has 2 rings (SSSR count). The fourth-order valence-electron chi connectivity index (χ4n) is 2.03. The van der Waals surface area contributed by atoms with Crippen LogP contribution in [0.4, 0.5) is 5.69 Å². The van der Waals surface area contributed by atoms with Crippen molar-refractivity contribution in [3.8, 4) is 5.75 Å².